The van der Waals surface area contributed by atoms with Gasteiger partial charge < -0.3 is 9.64 Å². The Kier molecular flexibility index (Phi) is 5.51. The first-order chi connectivity index (χ1) is 11.1. The lowest BCUT2D eigenvalue weighted by molar-refractivity contribution is -0.145. The van der Waals surface area contributed by atoms with Gasteiger partial charge in [0, 0.05) is 23.1 Å². The molecule has 1 aliphatic carbocycles. The fraction of sp³-hybridized carbons (Fsp3) is 0.762. The maximum atomic E-state index is 13.6. The zero-order valence-corrected chi connectivity index (χ0v) is 16.6. The van der Waals surface area contributed by atoms with Crippen LogP contribution in [0.5, 0.6) is 0 Å². The summed E-state index contributed by atoms with van der Waals surface area (Å²) < 4.78 is 5.46. The Hall–Kier alpha value is -1.25. The van der Waals surface area contributed by atoms with Gasteiger partial charge in [0.1, 0.15) is 0 Å². The van der Waals surface area contributed by atoms with E-state index in [4.69, 9.17) is 4.74 Å². The first-order valence-electron chi connectivity index (χ1n) is 9.43. The van der Waals surface area contributed by atoms with Gasteiger partial charge in [-0.25, -0.2) is 0 Å². The molecule has 3 heteroatoms. The highest BCUT2D eigenvalue weighted by atomic mass is 16.5. The van der Waals surface area contributed by atoms with Crippen molar-refractivity contribution >= 4 is 5.91 Å². The van der Waals surface area contributed by atoms with Crippen LogP contribution in [0.25, 0.3) is 0 Å². The number of rotatable bonds is 4. The van der Waals surface area contributed by atoms with E-state index in [1.54, 1.807) is 7.11 Å². The molecule has 0 N–H and O–H groups in total. The average Bonchev–Trinajstić information content (AvgIpc) is 2.51. The molecule has 2 aliphatic rings. The Morgan fingerprint density at radius 2 is 1.83 bits per heavy atom. The van der Waals surface area contributed by atoms with E-state index in [9.17, 15) is 4.79 Å². The van der Waals surface area contributed by atoms with Gasteiger partial charge in [-0.1, -0.05) is 20.3 Å². The Bertz CT molecular complexity index is 526. The highest BCUT2D eigenvalue weighted by Crippen LogP contribution is 2.42. The minimum atomic E-state index is -0.0923. The third-order valence-corrected chi connectivity index (χ3v) is 6.10. The molecule has 2 unspecified atom stereocenters. The Morgan fingerprint density at radius 1 is 1.25 bits per heavy atom. The fourth-order valence-corrected chi connectivity index (χ4v) is 4.55. The highest BCUT2D eigenvalue weighted by Gasteiger charge is 2.46. The second kappa shape index (κ2) is 6.93. The van der Waals surface area contributed by atoms with Crippen molar-refractivity contribution in [2.45, 2.75) is 84.7 Å². The van der Waals surface area contributed by atoms with Crippen molar-refractivity contribution in [1.29, 1.82) is 0 Å². The fourth-order valence-electron chi connectivity index (χ4n) is 4.55. The zero-order chi connectivity index (χ0) is 18.1. The summed E-state index contributed by atoms with van der Waals surface area (Å²) in [6.45, 7) is 13.3. The monoisotopic (exact) mass is 333 g/mol. The number of nitrogens with zero attached hydrogens (tertiary/aromatic N) is 1. The van der Waals surface area contributed by atoms with E-state index in [1.165, 1.54) is 6.42 Å². The second-order valence-corrected chi connectivity index (χ2v) is 8.77. The average molecular weight is 334 g/mol. The predicted molar refractivity (Wildman–Crippen MR) is 99.6 cm³/mol. The van der Waals surface area contributed by atoms with Gasteiger partial charge in [-0.2, -0.15) is 0 Å². The number of hydrogen-bond acceptors (Lipinski definition) is 2. The quantitative estimate of drug-likeness (QED) is 0.718. The van der Waals surface area contributed by atoms with Crippen molar-refractivity contribution < 1.29 is 9.53 Å². The normalized spacial score (nSPS) is 27.1. The van der Waals surface area contributed by atoms with Crippen molar-refractivity contribution in [2.24, 2.45) is 11.8 Å². The molecule has 0 spiro atoms. The van der Waals surface area contributed by atoms with E-state index in [0.717, 1.165) is 37.0 Å². The molecule has 1 amide bonds. The van der Waals surface area contributed by atoms with Crippen molar-refractivity contribution in [3.05, 3.63) is 23.5 Å². The summed E-state index contributed by atoms with van der Waals surface area (Å²) in [6.07, 6.45) is 9.23. The summed E-state index contributed by atoms with van der Waals surface area (Å²) in [5.41, 5.74) is 0.781. The van der Waals surface area contributed by atoms with Gasteiger partial charge in [0.25, 0.3) is 5.91 Å². The molecular formula is C21H35NO2. The minimum absolute atomic E-state index is 0.0923. The summed E-state index contributed by atoms with van der Waals surface area (Å²) in [6, 6.07) is 0. The lowest BCUT2D eigenvalue weighted by Crippen LogP contribution is -2.61. The zero-order valence-electron chi connectivity index (χ0n) is 16.6. The van der Waals surface area contributed by atoms with Gasteiger partial charge in [-0.15, -0.1) is 0 Å². The van der Waals surface area contributed by atoms with Crippen LogP contribution >= 0.6 is 0 Å². The minimum Gasteiger partial charge on any atom is -0.501 e. The van der Waals surface area contributed by atoms with E-state index in [2.05, 4.69) is 46.4 Å². The van der Waals surface area contributed by atoms with Crippen LogP contribution in [0.15, 0.2) is 23.5 Å². The van der Waals surface area contributed by atoms with Gasteiger partial charge in [-0.3, -0.25) is 4.79 Å². The molecule has 2 atom stereocenters. The van der Waals surface area contributed by atoms with Crippen LogP contribution < -0.4 is 0 Å². The van der Waals surface area contributed by atoms with Gasteiger partial charge in [0.15, 0.2) is 0 Å². The van der Waals surface area contributed by atoms with E-state index in [0.29, 0.717) is 5.92 Å². The number of amides is 1. The van der Waals surface area contributed by atoms with E-state index in [1.807, 2.05) is 12.2 Å². The molecule has 0 aromatic heterocycles. The first kappa shape index (κ1) is 19.1. The second-order valence-electron chi connectivity index (χ2n) is 8.77. The number of allylic oxidation sites excluding steroid dienone is 3. The molecular weight excluding hydrogens is 298 g/mol. The largest absolute Gasteiger partial charge is 0.501 e. The molecule has 0 bridgehead atoms. The standard InChI is InChI=1S/C21H35NO2/c1-8-15(2)18-14-16(24-7)10-11-17(18)19(23)22-20(3,4)12-9-13-21(22,5)6/h10-11,15,18H,8-9,12-14H2,1-7H3. The molecule has 0 aromatic carbocycles. The topological polar surface area (TPSA) is 29.5 Å². The molecule has 1 heterocycles. The third kappa shape index (κ3) is 3.55. The van der Waals surface area contributed by atoms with Gasteiger partial charge in [-0.05, 0) is 70.9 Å². The van der Waals surface area contributed by atoms with Crippen LogP contribution in [0.3, 0.4) is 0 Å². The molecule has 1 saturated heterocycles. The maximum absolute atomic E-state index is 13.6. The van der Waals surface area contributed by atoms with Crippen LogP contribution in [0.1, 0.15) is 73.6 Å². The van der Waals surface area contributed by atoms with Crippen LogP contribution in [0, 0.1) is 11.8 Å². The summed E-state index contributed by atoms with van der Waals surface area (Å²) in [5, 5.41) is 0. The highest BCUT2D eigenvalue weighted by molar-refractivity contribution is 5.95. The summed E-state index contributed by atoms with van der Waals surface area (Å²) in [7, 11) is 1.72. The molecule has 1 aliphatic heterocycles. The molecule has 0 saturated carbocycles. The lowest BCUT2D eigenvalue weighted by Gasteiger charge is -2.53. The number of piperidine rings is 1. The Balaban J connectivity index is 2.40. The molecule has 24 heavy (non-hydrogen) atoms. The van der Waals surface area contributed by atoms with E-state index < -0.39 is 0 Å². The Labute approximate surface area is 148 Å². The first-order valence-corrected chi connectivity index (χ1v) is 9.43. The van der Waals surface area contributed by atoms with Crippen LogP contribution in [0.2, 0.25) is 0 Å². The molecule has 3 nitrogen and oxygen atoms in total. The van der Waals surface area contributed by atoms with Crippen LogP contribution in [-0.4, -0.2) is 29.0 Å². The van der Waals surface area contributed by atoms with Crippen molar-refractivity contribution in [2.75, 3.05) is 7.11 Å². The van der Waals surface area contributed by atoms with Gasteiger partial charge in [0.2, 0.25) is 0 Å². The van der Waals surface area contributed by atoms with E-state index >= 15 is 0 Å². The van der Waals surface area contributed by atoms with Gasteiger partial charge >= 0.3 is 0 Å². The summed E-state index contributed by atoms with van der Waals surface area (Å²) in [5.74, 6) is 1.92. The number of carbonyl (C=O) groups excluding carboxylic acids is 1. The van der Waals surface area contributed by atoms with Crippen LogP contribution in [-0.2, 0) is 9.53 Å². The molecule has 0 aromatic rings. The third-order valence-electron chi connectivity index (χ3n) is 6.10. The number of likely N-dealkylation sites (tertiary alicyclic amines) is 1. The van der Waals surface area contributed by atoms with Crippen molar-refractivity contribution in [3.8, 4) is 0 Å². The predicted octanol–water partition coefficient (Wildman–Crippen LogP) is 5.08. The number of ether oxygens (including phenoxy) is 1. The molecule has 2 rings (SSSR count). The maximum Gasteiger partial charge on any atom is 0.250 e. The number of carbonyl (C=O) groups is 1. The van der Waals surface area contributed by atoms with Crippen molar-refractivity contribution in [1.82, 2.24) is 4.90 Å². The number of methoxy groups -OCH3 is 1. The Morgan fingerprint density at radius 3 is 2.33 bits per heavy atom. The molecule has 1 fully saturated rings. The SMILES string of the molecule is CCC(C)C1CC(OC)=CC=C1C(=O)N1C(C)(C)CCCC1(C)C. The van der Waals surface area contributed by atoms with Crippen molar-refractivity contribution in [3.63, 3.8) is 0 Å². The van der Waals surface area contributed by atoms with E-state index in [-0.39, 0.29) is 22.9 Å². The molecule has 136 valence electrons. The summed E-state index contributed by atoms with van der Waals surface area (Å²) in [4.78, 5) is 15.8. The lowest BCUT2D eigenvalue weighted by atomic mass is 9.75. The smallest absolute Gasteiger partial charge is 0.250 e. The van der Waals surface area contributed by atoms with Gasteiger partial charge in [0.05, 0.1) is 12.9 Å². The number of hydrogen-bond donors (Lipinski definition) is 0. The van der Waals surface area contributed by atoms with Crippen LogP contribution in [0.4, 0.5) is 0 Å². The molecule has 0 radical (unpaired) electrons. The summed E-state index contributed by atoms with van der Waals surface area (Å²) >= 11 is 0.